The van der Waals surface area contributed by atoms with Crippen molar-refractivity contribution in [2.24, 2.45) is 0 Å². The molecule has 4 aromatic carbocycles. The molecule has 6 aliphatic carbocycles. The van der Waals surface area contributed by atoms with Gasteiger partial charge in [-0.3, -0.25) is 59.0 Å². The van der Waals surface area contributed by atoms with Crippen LogP contribution in [0.25, 0.3) is 0 Å². The van der Waals surface area contributed by atoms with E-state index >= 15 is 0 Å². The third kappa shape index (κ3) is 19.5. The number of fused-ring (bicyclic) bond motifs is 4. The molecule has 0 aliphatic heterocycles. The highest BCUT2D eigenvalue weighted by Crippen LogP contribution is 2.49. The average molecular weight is 1610 g/mol. The zero-order chi connectivity index (χ0) is 83.6. The van der Waals surface area contributed by atoms with Gasteiger partial charge in [0.25, 0.3) is 23.6 Å². The van der Waals surface area contributed by atoms with E-state index in [1.807, 2.05) is 75.6 Å². The summed E-state index contributed by atoms with van der Waals surface area (Å²) in [6, 6.07) is 47.9. The maximum absolute atomic E-state index is 13.2. The van der Waals surface area contributed by atoms with Crippen molar-refractivity contribution in [3.63, 3.8) is 0 Å². The summed E-state index contributed by atoms with van der Waals surface area (Å²) in [5.41, 5.74) is 23.8. The SMILES string of the molecule is CCC(NC(=O)c1ccc(F)cc1)c1ccc2c(n1)CCCC2c1cncc(C)c1.CCC(NC(=O)c1ccc(F)cc1)c1ccc2c(n1)CCC[C@H]2c1cncc(C)c1.Cc1cncc([C@@H]2CCCc3nc(C4(NC(=O)c5ccc(F)cc5)CC4)ccc32)c1.Cc1cncc([C@H]2CCCc3nc(C4(NC(=O)c5ccc(F)cc5)CC4)ccc32)c1. The number of halogens is 4. The zero-order valence-electron chi connectivity index (χ0n) is 68.7. The van der Waals surface area contributed by atoms with Crippen molar-refractivity contribution < 1.29 is 36.7 Å². The van der Waals surface area contributed by atoms with Crippen molar-refractivity contribution in [2.75, 3.05) is 0 Å². The van der Waals surface area contributed by atoms with Crippen LogP contribution in [-0.4, -0.2) is 63.5 Å². The van der Waals surface area contributed by atoms with Crippen molar-refractivity contribution >= 4 is 23.6 Å². The number of hydrogen-bond donors (Lipinski definition) is 4. The molecule has 8 aromatic heterocycles. The summed E-state index contributed by atoms with van der Waals surface area (Å²) in [4.78, 5) is 87.9. The van der Waals surface area contributed by atoms with Gasteiger partial charge in [-0.05, 0) is 331 Å². The largest absolute Gasteiger partial charge is 0.344 e. The summed E-state index contributed by atoms with van der Waals surface area (Å²) in [6.07, 6.45) is 32.9. The first-order chi connectivity index (χ1) is 58.2. The molecule has 0 bridgehead atoms. The summed E-state index contributed by atoms with van der Waals surface area (Å²) in [7, 11) is 0. The van der Waals surface area contributed by atoms with E-state index in [4.69, 9.17) is 19.9 Å². The molecular formula is C100H100F4N12O4. The van der Waals surface area contributed by atoms with Gasteiger partial charge >= 0.3 is 0 Å². The van der Waals surface area contributed by atoms with Crippen LogP contribution in [0.15, 0.2) is 219 Å². The van der Waals surface area contributed by atoms with Gasteiger partial charge in [-0.15, -0.1) is 0 Å². The second-order valence-electron chi connectivity index (χ2n) is 32.9. The van der Waals surface area contributed by atoms with E-state index in [9.17, 15) is 36.7 Å². The summed E-state index contributed by atoms with van der Waals surface area (Å²) in [5.74, 6) is -0.917. The number of nitrogens with zero attached hydrogens (tertiary/aromatic N) is 8. The average Bonchev–Trinajstić information content (AvgIpc) is 1.59. The molecule has 4 amide bonds. The third-order valence-corrected chi connectivity index (χ3v) is 24.2. The van der Waals surface area contributed by atoms with Gasteiger partial charge in [-0.1, -0.05) is 62.4 Å². The Morgan fingerprint density at radius 3 is 0.858 bits per heavy atom. The molecule has 16 nitrogen and oxygen atoms in total. The van der Waals surface area contributed by atoms with Crippen LogP contribution in [0.3, 0.4) is 0 Å². The smallest absolute Gasteiger partial charge is 0.252 e. The lowest BCUT2D eigenvalue weighted by molar-refractivity contribution is 0.0921. The molecule has 20 heteroatoms. The van der Waals surface area contributed by atoms with Crippen LogP contribution in [0.4, 0.5) is 17.6 Å². The lowest BCUT2D eigenvalue weighted by Gasteiger charge is -2.27. The van der Waals surface area contributed by atoms with Crippen LogP contribution >= 0.6 is 0 Å². The zero-order valence-corrected chi connectivity index (χ0v) is 68.7. The minimum Gasteiger partial charge on any atom is -0.344 e. The molecule has 6 aliphatic rings. The number of pyridine rings is 8. The van der Waals surface area contributed by atoms with E-state index in [2.05, 4.69) is 130 Å². The number of hydrogen-bond acceptors (Lipinski definition) is 12. The maximum atomic E-state index is 13.2. The van der Waals surface area contributed by atoms with E-state index in [-0.39, 0.29) is 59.0 Å². The van der Waals surface area contributed by atoms with Gasteiger partial charge < -0.3 is 21.3 Å². The van der Waals surface area contributed by atoms with E-state index in [1.54, 1.807) is 0 Å². The number of carbonyl (C=O) groups is 4. The predicted molar refractivity (Wildman–Crippen MR) is 455 cm³/mol. The molecule has 18 rings (SSSR count). The molecule has 0 spiro atoms. The molecule has 6 atom stereocenters. The third-order valence-electron chi connectivity index (χ3n) is 24.2. The van der Waals surface area contributed by atoms with Gasteiger partial charge in [0.2, 0.25) is 0 Å². The second kappa shape index (κ2) is 36.9. The standard InChI is InChI=1S/2C25H24FN3O.2C25H26FN3O/c2*1-16-13-18(15-27-14-16)20-3-2-4-22-21(20)9-10-23(28-22)25(11-12-25)29-24(30)17-5-7-19(26)8-6-17;2*1-3-22(29-25(30)17-7-9-19(26)10-8-17)24-12-11-21-20(5-4-6-23(21)28-24)18-13-16(2)14-27-15-18/h2*5-10,13-15,20H,2-4,11-12H2,1H3,(H,29,30);2*7-15,20,22H,3-6H2,1-2H3,(H,29,30)/t2*20-;20-,22?;/m100./s1. The van der Waals surface area contributed by atoms with Crippen LogP contribution in [0.1, 0.15) is 293 Å². The molecular weight excluding hydrogens is 1510 g/mol. The predicted octanol–water partition coefficient (Wildman–Crippen LogP) is 20.2. The van der Waals surface area contributed by atoms with Gasteiger partial charge in [0.1, 0.15) is 23.3 Å². The monoisotopic (exact) mass is 1610 g/mol. The van der Waals surface area contributed by atoms with Crippen molar-refractivity contribution in [2.45, 2.75) is 204 Å². The lowest BCUT2D eigenvalue weighted by Crippen LogP contribution is -2.36. The van der Waals surface area contributed by atoms with Crippen LogP contribution in [-0.2, 0) is 36.8 Å². The summed E-state index contributed by atoms with van der Waals surface area (Å²) < 4.78 is 52.6. The van der Waals surface area contributed by atoms with E-state index < -0.39 is 11.1 Å². The Balaban J connectivity index is 0.000000125. The van der Waals surface area contributed by atoms with Crippen molar-refractivity contribution in [1.82, 2.24) is 61.1 Å². The molecule has 120 heavy (non-hydrogen) atoms. The van der Waals surface area contributed by atoms with Crippen LogP contribution in [0, 0.1) is 51.0 Å². The first-order valence-electron chi connectivity index (χ1n) is 42.1. The summed E-state index contributed by atoms with van der Waals surface area (Å²) >= 11 is 0. The van der Waals surface area contributed by atoms with Gasteiger partial charge in [0.15, 0.2) is 0 Å². The fraction of sp³-hybridized carbons (Fsp3) is 0.320. The molecule has 0 saturated heterocycles. The Labute approximate surface area is 698 Å². The van der Waals surface area contributed by atoms with Crippen molar-refractivity contribution in [3.05, 3.63) is 377 Å². The number of nitrogens with one attached hydrogen (secondary N) is 4. The van der Waals surface area contributed by atoms with Gasteiger partial charge in [0.05, 0.1) is 45.9 Å². The topological polar surface area (TPSA) is 220 Å². The first-order valence-corrected chi connectivity index (χ1v) is 42.1. The molecule has 12 aromatic rings. The molecule has 2 fully saturated rings. The highest BCUT2D eigenvalue weighted by molar-refractivity contribution is 5.96. The minimum absolute atomic E-state index is 0.185. The number of rotatable bonds is 18. The Hall–Kier alpha value is -12.3. The Bertz CT molecular complexity index is 5360. The van der Waals surface area contributed by atoms with Crippen LogP contribution < -0.4 is 21.3 Å². The minimum atomic E-state index is -0.404. The maximum Gasteiger partial charge on any atom is 0.252 e. The van der Waals surface area contributed by atoms with Crippen LogP contribution in [0.2, 0.25) is 0 Å². The van der Waals surface area contributed by atoms with Crippen molar-refractivity contribution in [3.8, 4) is 0 Å². The van der Waals surface area contributed by atoms with E-state index in [1.165, 1.54) is 164 Å². The lowest BCUT2D eigenvalue weighted by atomic mass is 9.81. The van der Waals surface area contributed by atoms with Gasteiger partial charge in [-0.2, -0.15) is 0 Å². The molecule has 612 valence electrons. The Morgan fingerprint density at radius 1 is 0.342 bits per heavy atom. The second-order valence-corrected chi connectivity index (χ2v) is 32.9. The molecule has 4 N–H and O–H groups in total. The number of aryl methyl sites for hydroxylation is 8. The Kier molecular flexibility index (Phi) is 25.5. The fourth-order valence-corrected chi connectivity index (χ4v) is 17.4. The molecule has 2 saturated carbocycles. The highest BCUT2D eigenvalue weighted by Gasteiger charge is 2.49. The van der Waals surface area contributed by atoms with Gasteiger partial charge in [0, 0.05) is 118 Å². The first kappa shape index (κ1) is 82.8. The number of aromatic nitrogens is 8. The quantitative estimate of drug-likeness (QED) is 0.0590. The van der Waals surface area contributed by atoms with Gasteiger partial charge in [-0.25, -0.2) is 17.6 Å². The highest BCUT2D eigenvalue weighted by atomic mass is 19.1. The van der Waals surface area contributed by atoms with E-state index in [0.717, 1.165) is 161 Å². The van der Waals surface area contributed by atoms with Crippen LogP contribution in [0.5, 0.6) is 0 Å². The molecule has 0 radical (unpaired) electrons. The molecule has 8 heterocycles. The number of benzene rings is 4. The number of carbonyl (C=O) groups excluding carboxylic acids is 4. The fourth-order valence-electron chi connectivity index (χ4n) is 17.4. The summed E-state index contributed by atoms with van der Waals surface area (Å²) in [6.45, 7) is 12.3. The van der Waals surface area contributed by atoms with E-state index in [0.29, 0.717) is 45.9 Å². The normalized spacial score (nSPS) is 17.8. The van der Waals surface area contributed by atoms with Crippen molar-refractivity contribution in [1.29, 1.82) is 0 Å². The molecule has 3 unspecified atom stereocenters. The Morgan fingerprint density at radius 2 is 0.600 bits per heavy atom. The summed E-state index contributed by atoms with van der Waals surface area (Å²) in [5, 5.41) is 12.4. The number of amides is 4.